The lowest BCUT2D eigenvalue weighted by Crippen LogP contribution is -2.13. The van der Waals surface area contributed by atoms with Crippen LogP contribution in [0.15, 0.2) is 47.5 Å². The molecule has 0 fully saturated rings. The van der Waals surface area contributed by atoms with Crippen molar-refractivity contribution in [2.45, 2.75) is 6.54 Å². The van der Waals surface area contributed by atoms with Gasteiger partial charge >= 0.3 is 0 Å². The number of alkyl halides is 1. The largest absolute Gasteiger partial charge is 0.463 e. The first kappa shape index (κ1) is 15.6. The summed E-state index contributed by atoms with van der Waals surface area (Å²) in [4.78, 5) is 4.28. The van der Waals surface area contributed by atoms with E-state index in [-0.39, 0.29) is 0 Å². The second-order valence-electron chi connectivity index (χ2n) is 4.26. The highest BCUT2D eigenvalue weighted by Crippen LogP contribution is 2.19. The van der Waals surface area contributed by atoms with Crippen molar-refractivity contribution in [3.05, 3.63) is 63.6 Å². The molecule has 6 heteroatoms. The molecule has 0 aliphatic rings. The average Bonchev–Trinajstić information content (AvgIpc) is 2.45. The van der Waals surface area contributed by atoms with Crippen LogP contribution in [-0.2, 0) is 6.54 Å². The molecule has 3 nitrogen and oxygen atoms in total. The van der Waals surface area contributed by atoms with Crippen LogP contribution >= 0.6 is 23.2 Å². The Morgan fingerprint density at radius 2 is 1.71 bits per heavy atom. The molecule has 2 aromatic rings. The lowest BCUT2D eigenvalue weighted by molar-refractivity contribution is 0.192. The molecule has 0 amide bonds. The van der Waals surface area contributed by atoms with Gasteiger partial charge in [0.1, 0.15) is 11.6 Å². The third-order valence-electron chi connectivity index (χ3n) is 2.73. The molecule has 0 heterocycles. The highest BCUT2D eigenvalue weighted by atomic mass is 35.5. The molecule has 0 spiro atoms. The fourth-order valence-corrected chi connectivity index (χ4v) is 2.33. The maximum absolute atomic E-state index is 12.0. The van der Waals surface area contributed by atoms with Gasteiger partial charge in [-0.15, -0.1) is 0 Å². The second-order valence-corrected chi connectivity index (χ2v) is 5.13. The summed E-state index contributed by atoms with van der Waals surface area (Å²) in [5.41, 5.74) is 7.51. The molecule has 0 atom stereocenters. The van der Waals surface area contributed by atoms with Crippen molar-refractivity contribution in [3.8, 4) is 5.75 Å². The number of aliphatic imine (C=N–C) groups is 1. The summed E-state index contributed by atoms with van der Waals surface area (Å²) in [6, 6.07) is 11.9. The quantitative estimate of drug-likeness (QED) is 0.660. The summed E-state index contributed by atoms with van der Waals surface area (Å²) >= 11 is 11.8. The SMILES string of the molecule is N[14C](=NCc1cc(Cl)cc(Cl)c1)c1ccc(OCF)cc1. The van der Waals surface area contributed by atoms with Gasteiger partial charge in [-0.3, -0.25) is 4.99 Å². The first-order valence-electron chi connectivity index (χ1n) is 6.12. The number of amidine groups is 1. The topological polar surface area (TPSA) is 47.6 Å². The zero-order valence-corrected chi connectivity index (χ0v) is 12.5. The maximum atomic E-state index is 12.0. The molecule has 0 aliphatic heterocycles. The molecule has 0 radical (unpaired) electrons. The Labute approximate surface area is 132 Å². The standard InChI is InChI=1S/C15H13Cl2FN2O/c16-12-5-10(6-13(17)7-12)8-20-15(19)11-1-3-14(4-2-11)21-9-18/h1-7H,8-9H2,(H2,19,20)/i15+2. The Bertz CT molecular complexity index is 624. The summed E-state index contributed by atoms with van der Waals surface area (Å²) in [5.74, 6) is 0.813. The van der Waals surface area contributed by atoms with Gasteiger partial charge in [0.15, 0.2) is 0 Å². The highest BCUT2D eigenvalue weighted by molar-refractivity contribution is 6.34. The molecule has 0 bridgehead atoms. The average molecular weight is 329 g/mol. The molecule has 0 unspecified atom stereocenters. The van der Waals surface area contributed by atoms with Gasteiger partial charge in [-0.25, -0.2) is 4.39 Å². The normalized spacial score (nSPS) is 11.5. The van der Waals surface area contributed by atoms with Crippen molar-refractivity contribution in [3.63, 3.8) is 0 Å². The van der Waals surface area contributed by atoms with E-state index >= 15 is 0 Å². The van der Waals surface area contributed by atoms with Gasteiger partial charge in [-0.1, -0.05) is 23.2 Å². The van der Waals surface area contributed by atoms with Crippen LogP contribution in [0.3, 0.4) is 0 Å². The van der Waals surface area contributed by atoms with E-state index in [0.29, 0.717) is 28.2 Å². The highest BCUT2D eigenvalue weighted by Gasteiger charge is 2.01. The van der Waals surface area contributed by atoms with Crippen LogP contribution in [0.5, 0.6) is 5.75 Å². The van der Waals surface area contributed by atoms with Crippen molar-refractivity contribution in [1.82, 2.24) is 0 Å². The van der Waals surface area contributed by atoms with Crippen molar-refractivity contribution < 1.29 is 9.13 Å². The Morgan fingerprint density at radius 1 is 1.10 bits per heavy atom. The molecular weight excluding hydrogens is 316 g/mol. The van der Waals surface area contributed by atoms with Gasteiger partial charge in [-0.05, 0) is 48.0 Å². The molecule has 0 saturated heterocycles. The number of hydrogen-bond acceptors (Lipinski definition) is 2. The van der Waals surface area contributed by atoms with Gasteiger partial charge in [0, 0.05) is 15.6 Å². The van der Waals surface area contributed by atoms with Crippen LogP contribution in [0.4, 0.5) is 4.39 Å². The van der Waals surface area contributed by atoms with Gasteiger partial charge in [0.25, 0.3) is 0 Å². The van der Waals surface area contributed by atoms with E-state index < -0.39 is 6.86 Å². The zero-order valence-electron chi connectivity index (χ0n) is 11.0. The van der Waals surface area contributed by atoms with E-state index in [0.717, 1.165) is 11.1 Å². The van der Waals surface area contributed by atoms with Crippen LogP contribution in [0.25, 0.3) is 0 Å². The number of nitrogens with two attached hydrogens (primary N) is 1. The van der Waals surface area contributed by atoms with Gasteiger partial charge < -0.3 is 10.5 Å². The molecular formula is C15H13Cl2FN2O. The first-order valence-corrected chi connectivity index (χ1v) is 6.88. The van der Waals surface area contributed by atoms with Crippen LogP contribution in [0.2, 0.25) is 10.0 Å². The number of rotatable bonds is 5. The van der Waals surface area contributed by atoms with E-state index in [1.165, 1.54) is 0 Å². The number of halogens is 3. The number of nitrogens with zero attached hydrogens (tertiary/aromatic N) is 1. The van der Waals surface area contributed by atoms with E-state index in [2.05, 4.69) is 4.99 Å². The van der Waals surface area contributed by atoms with E-state index in [1.807, 2.05) is 0 Å². The van der Waals surface area contributed by atoms with E-state index in [1.54, 1.807) is 42.5 Å². The summed E-state index contributed by atoms with van der Waals surface area (Å²) in [6.45, 7) is -0.493. The van der Waals surface area contributed by atoms with Gasteiger partial charge in [0.05, 0.1) is 6.54 Å². The smallest absolute Gasteiger partial charge is 0.228 e. The van der Waals surface area contributed by atoms with Crippen molar-refractivity contribution in [2.75, 3.05) is 6.86 Å². The predicted octanol–water partition coefficient (Wildman–Crippen LogP) is 4.20. The zero-order chi connectivity index (χ0) is 15.2. The van der Waals surface area contributed by atoms with Crippen LogP contribution in [0.1, 0.15) is 11.1 Å². The Morgan fingerprint density at radius 3 is 2.29 bits per heavy atom. The lowest BCUT2D eigenvalue weighted by atomic mass is 10.2. The lowest BCUT2D eigenvalue weighted by Gasteiger charge is -2.05. The fourth-order valence-electron chi connectivity index (χ4n) is 1.75. The second kappa shape index (κ2) is 7.29. The number of benzene rings is 2. The van der Waals surface area contributed by atoms with Gasteiger partial charge in [0.2, 0.25) is 6.86 Å². The van der Waals surface area contributed by atoms with Crippen molar-refractivity contribution >= 4 is 29.0 Å². The minimum Gasteiger partial charge on any atom is -0.463 e. The summed E-state index contributed by atoms with van der Waals surface area (Å²) in [5, 5.41) is 1.11. The third kappa shape index (κ3) is 4.62. The van der Waals surface area contributed by atoms with Crippen LogP contribution < -0.4 is 10.5 Å². The summed E-state index contributed by atoms with van der Waals surface area (Å²) in [7, 11) is 0. The predicted molar refractivity (Wildman–Crippen MR) is 83.9 cm³/mol. The monoisotopic (exact) mass is 328 g/mol. The molecule has 0 aliphatic carbocycles. The minimum atomic E-state index is -0.863. The maximum Gasteiger partial charge on any atom is 0.228 e. The van der Waals surface area contributed by atoms with Crippen LogP contribution in [-0.4, -0.2) is 12.7 Å². The minimum absolute atomic E-state index is 0.370. The molecule has 21 heavy (non-hydrogen) atoms. The Balaban J connectivity index is 2.09. The van der Waals surface area contributed by atoms with Crippen molar-refractivity contribution in [1.29, 1.82) is 0 Å². The molecule has 2 rings (SSSR count). The number of hydrogen-bond donors (Lipinski definition) is 1. The summed E-state index contributed by atoms with van der Waals surface area (Å²) < 4.78 is 16.7. The molecule has 0 aromatic heterocycles. The Hall–Kier alpha value is -1.78. The summed E-state index contributed by atoms with van der Waals surface area (Å²) in [6.07, 6.45) is 0. The third-order valence-corrected chi connectivity index (χ3v) is 3.16. The molecule has 110 valence electrons. The number of ether oxygens (including phenoxy) is 1. The Kier molecular flexibility index (Phi) is 5.42. The van der Waals surface area contributed by atoms with E-state index in [9.17, 15) is 4.39 Å². The van der Waals surface area contributed by atoms with Gasteiger partial charge in [-0.2, -0.15) is 0 Å². The molecule has 2 aromatic carbocycles. The van der Waals surface area contributed by atoms with Crippen molar-refractivity contribution in [2.24, 2.45) is 10.7 Å². The van der Waals surface area contributed by atoms with Crippen LogP contribution in [0, 0.1) is 0 Å². The fraction of sp³-hybridized carbons (Fsp3) is 0.133. The molecule has 0 saturated carbocycles. The van der Waals surface area contributed by atoms with E-state index in [4.69, 9.17) is 33.7 Å². The first-order chi connectivity index (χ1) is 10.1. The molecule has 2 N–H and O–H groups in total.